The number of hydrogen-bond acceptors (Lipinski definition) is 5. The molecule has 1 aromatic heterocycles. The molecular formula is C29H26ClFN4O5. The third kappa shape index (κ3) is 6.40. The summed E-state index contributed by atoms with van der Waals surface area (Å²) in [6.45, 7) is 0.791. The Kier molecular flexibility index (Phi) is 7.97. The molecule has 0 bridgehead atoms. The first-order chi connectivity index (χ1) is 19.2. The van der Waals surface area contributed by atoms with Gasteiger partial charge in [0.15, 0.2) is 0 Å². The molecule has 206 valence electrons. The summed E-state index contributed by atoms with van der Waals surface area (Å²) in [5, 5.41) is 14.1. The Morgan fingerprint density at radius 1 is 1.15 bits per heavy atom. The number of likely N-dealkylation sites (tertiary alicyclic amines) is 1. The minimum atomic E-state index is -1.20. The highest BCUT2D eigenvalue weighted by atomic mass is 35.5. The van der Waals surface area contributed by atoms with Crippen molar-refractivity contribution in [1.82, 2.24) is 15.2 Å². The molecule has 3 heterocycles. The predicted octanol–water partition coefficient (Wildman–Crippen LogP) is 4.85. The van der Waals surface area contributed by atoms with E-state index in [0.717, 1.165) is 16.7 Å². The molecule has 2 aromatic carbocycles. The van der Waals surface area contributed by atoms with Crippen molar-refractivity contribution >= 4 is 35.3 Å². The Morgan fingerprint density at radius 2 is 1.95 bits per heavy atom. The zero-order valence-corrected chi connectivity index (χ0v) is 22.0. The number of nitrogens with zero attached hydrogens (tertiary/aromatic N) is 2. The summed E-state index contributed by atoms with van der Waals surface area (Å²) < 4.78 is 19.4. The second-order valence-electron chi connectivity index (χ2n) is 9.58. The molecule has 3 N–H and O–H groups in total. The number of halogens is 2. The normalized spacial score (nSPS) is 17.9. The van der Waals surface area contributed by atoms with Crippen molar-refractivity contribution in [3.05, 3.63) is 88.6 Å². The average molecular weight is 565 g/mol. The lowest BCUT2D eigenvalue weighted by Crippen LogP contribution is -2.28. The minimum Gasteiger partial charge on any atom is -0.484 e. The summed E-state index contributed by atoms with van der Waals surface area (Å²) in [4.78, 5) is 41.1. The first-order valence-electron chi connectivity index (χ1n) is 12.7. The molecule has 1 unspecified atom stereocenters. The van der Waals surface area contributed by atoms with E-state index in [1.807, 2.05) is 18.2 Å². The number of amides is 3. The number of nitrogens with one attached hydrogen (secondary N) is 2. The smallest absolute Gasteiger partial charge is 0.410 e. The Labute approximate surface area is 234 Å². The molecule has 40 heavy (non-hydrogen) atoms. The van der Waals surface area contributed by atoms with Crippen molar-refractivity contribution < 1.29 is 28.6 Å². The highest BCUT2D eigenvalue weighted by molar-refractivity contribution is 6.32. The van der Waals surface area contributed by atoms with Crippen molar-refractivity contribution in [2.24, 2.45) is 0 Å². The summed E-state index contributed by atoms with van der Waals surface area (Å²) >= 11 is 6.52. The molecule has 9 nitrogen and oxygen atoms in total. The van der Waals surface area contributed by atoms with E-state index in [1.165, 1.54) is 23.2 Å². The number of rotatable bonds is 7. The lowest BCUT2D eigenvalue weighted by atomic mass is 9.99. The van der Waals surface area contributed by atoms with E-state index in [4.69, 9.17) is 21.4 Å². The number of carboxylic acid groups (broad SMARTS) is 1. The number of hydrogen-bond donors (Lipinski definition) is 3. The minimum absolute atomic E-state index is 0.137. The van der Waals surface area contributed by atoms with Gasteiger partial charge in [0.1, 0.15) is 23.8 Å². The molecule has 0 saturated carbocycles. The molecular weight excluding hydrogens is 539 g/mol. The van der Waals surface area contributed by atoms with Gasteiger partial charge in [-0.15, -0.1) is 0 Å². The predicted molar refractivity (Wildman–Crippen MR) is 147 cm³/mol. The van der Waals surface area contributed by atoms with E-state index in [1.54, 1.807) is 30.3 Å². The number of benzene rings is 2. The first kappa shape index (κ1) is 27.1. The van der Waals surface area contributed by atoms with Gasteiger partial charge in [-0.2, -0.15) is 0 Å². The van der Waals surface area contributed by atoms with E-state index < -0.39 is 12.3 Å². The van der Waals surface area contributed by atoms with Crippen LogP contribution in [0.25, 0.3) is 11.1 Å². The van der Waals surface area contributed by atoms with Crippen LogP contribution in [0.4, 0.5) is 15.0 Å². The van der Waals surface area contributed by atoms with Gasteiger partial charge in [-0.05, 0) is 59.5 Å². The van der Waals surface area contributed by atoms with Gasteiger partial charge in [0.05, 0.1) is 11.6 Å². The van der Waals surface area contributed by atoms with Crippen LogP contribution < -0.4 is 15.4 Å². The fourth-order valence-corrected chi connectivity index (χ4v) is 4.95. The van der Waals surface area contributed by atoms with Crippen molar-refractivity contribution in [3.8, 4) is 16.9 Å². The number of anilines is 1. The molecule has 1 fully saturated rings. The van der Waals surface area contributed by atoms with Crippen molar-refractivity contribution in [2.45, 2.75) is 31.7 Å². The van der Waals surface area contributed by atoms with Gasteiger partial charge >= 0.3 is 6.09 Å². The molecule has 3 aromatic rings. The summed E-state index contributed by atoms with van der Waals surface area (Å²) in [6, 6.07) is 14.1. The quantitative estimate of drug-likeness (QED) is 0.353. The van der Waals surface area contributed by atoms with Crippen molar-refractivity contribution in [2.75, 3.05) is 18.4 Å². The number of aromatic nitrogens is 1. The van der Waals surface area contributed by atoms with Gasteiger partial charge < -0.3 is 20.1 Å². The molecule has 5 rings (SSSR count). The molecule has 0 aliphatic carbocycles. The monoisotopic (exact) mass is 564 g/mol. The topological polar surface area (TPSA) is 121 Å². The van der Waals surface area contributed by atoms with Gasteiger partial charge in [-0.3, -0.25) is 14.9 Å². The lowest BCUT2D eigenvalue weighted by Gasteiger charge is -2.15. The number of pyridine rings is 1. The SMILES string of the molecule is O=C(O)Nc1ccc(CNC(=O)C=CC2Cc3cc(-c4ccc(C(=O)N5CC[C@H](F)C5)cc4)cc(Cl)c3O2)cn1. The summed E-state index contributed by atoms with van der Waals surface area (Å²) in [6.07, 6.45) is 2.93. The number of alkyl halides is 1. The van der Waals surface area contributed by atoms with Crippen LogP contribution in [0.1, 0.15) is 27.9 Å². The third-order valence-electron chi connectivity index (χ3n) is 6.68. The molecule has 0 radical (unpaired) electrons. The van der Waals surface area contributed by atoms with E-state index >= 15 is 0 Å². The Hall–Kier alpha value is -4.44. The maximum Gasteiger partial charge on any atom is 0.410 e. The number of fused-ring (bicyclic) bond motifs is 1. The van der Waals surface area contributed by atoms with Crippen LogP contribution in [0, 0.1) is 0 Å². The van der Waals surface area contributed by atoms with Crippen molar-refractivity contribution in [1.29, 1.82) is 0 Å². The Bertz CT molecular complexity index is 1460. The molecule has 11 heteroatoms. The zero-order valence-electron chi connectivity index (χ0n) is 21.3. The second-order valence-corrected chi connectivity index (χ2v) is 9.99. The van der Waals surface area contributed by atoms with E-state index in [0.29, 0.717) is 41.3 Å². The van der Waals surface area contributed by atoms with E-state index in [2.05, 4.69) is 15.6 Å². The van der Waals surface area contributed by atoms with Crippen LogP contribution in [-0.4, -0.2) is 58.3 Å². The summed E-state index contributed by atoms with van der Waals surface area (Å²) in [5.41, 5.74) is 3.89. The molecule has 1 saturated heterocycles. The second kappa shape index (κ2) is 11.7. The molecule has 2 aliphatic rings. The first-order valence-corrected chi connectivity index (χ1v) is 13.1. The number of ether oxygens (including phenoxy) is 1. The fourth-order valence-electron chi connectivity index (χ4n) is 4.66. The lowest BCUT2D eigenvalue weighted by molar-refractivity contribution is -0.116. The molecule has 3 amide bonds. The summed E-state index contributed by atoms with van der Waals surface area (Å²) in [5.74, 6) is 0.283. The third-order valence-corrected chi connectivity index (χ3v) is 6.96. The number of carbonyl (C=O) groups is 3. The molecule has 2 atom stereocenters. The van der Waals surface area contributed by atoms with Crippen LogP contribution in [-0.2, 0) is 17.8 Å². The van der Waals surface area contributed by atoms with Crippen LogP contribution in [0.2, 0.25) is 5.02 Å². The van der Waals surface area contributed by atoms with Gasteiger partial charge in [0.25, 0.3) is 5.91 Å². The van der Waals surface area contributed by atoms with Gasteiger partial charge in [-0.25, -0.2) is 14.2 Å². The van der Waals surface area contributed by atoms with E-state index in [9.17, 15) is 18.8 Å². The highest BCUT2D eigenvalue weighted by Crippen LogP contribution is 2.40. The van der Waals surface area contributed by atoms with Gasteiger partial charge in [-0.1, -0.05) is 29.8 Å². The largest absolute Gasteiger partial charge is 0.484 e. The van der Waals surface area contributed by atoms with Gasteiger partial charge in [0.2, 0.25) is 5.91 Å². The zero-order chi connectivity index (χ0) is 28.2. The molecule has 0 spiro atoms. The van der Waals surface area contributed by atoms with Crippen LogP contribution in [0.3, 0.4) is 0 Å². The maximum atomic E-state index is 13.5. The number of carbonyl (C=O) groups excluding carboxylic acids is 2. The molecule has 2 aliphatic heterocycles. The Morgan fingerprint density at radius 3 is 2.62 bits per heavy atom. The van der Waals surface area contributed by atoms with Crippen LogP contribution in [0.15, 0.2) is 66.9 Å². The standard InChI is InChI=1S/C29H26ClFN4O5/c30-24-13-20(18-2-4-19(5-3-18)28(37)35-10-9-22(31)16-35)11-21-12-23(40-27(21)24)6-8-26(36)33-15-17-1-7-25(32-14-17)34-29(38)39/h1-8,11,13-14,22-23H,9-10,12,15-16H2,(H,32,34)(H,33,36)(H,38,39)/t22-,23?/m0/s1. The summed E-state index contributed by atoms with van der Waals surface area (Å²) in [7, 11) is 0. The Balaban J connectivity index is 1.17. The van der Waals surface area contributed by atoms with Crippen LogP contribution in [0.5, 0.6) is 5.75 Å². The van der Waals surface area contributed by atoms with E-state index in [-0.39, 0.29) is 36.8 Å². The maximum absolute atomic E-state index is 13.5. The average Bonchev–Trinajstić information content (AvgIpc) is 3.57. The van der Waals surface area contributed by atoms with Crippen LogP contribution >= 0.6 is 11.6 Å². The van der Waals surface area contributed by atoms with Crippen molar-refractivity contribution in [3.63, 3.8) is 0 Å². The fraction of sp³-hybridized carbons (Fsp3) is 0.241. The van der Waals surface area contributed by atoms with Gasteiger partial charge in [0, 0.05) is 42.9 Å². The highest BCUT2D eigenvalue weighted by Gasteiger charge is 2.27.